The van der Waals surface area contributed by atoms with E-state index in [0.717, 1.165) is 22.0 Å². The van der Waals surface area contributed by atoms with Crippen molar-refractivity contribution in [2.75, 3.05) is 0 Å². The summed E-state index contributed by atoms with van der Waals surface area (Å²) in [4.78, 5) is 25.2. The molecule has 40 heavy (non-hydrogen) atoms. The first-order chi connectivity index (χ1) is 18.9. The fraction of sp³-hybridized carbons (Fsp3) is 0.294. The maximum absolute atomic E-state index is 12.6. The van der Waals surface area contributed by atoms with Crippen molar-refractivity contribution in [2.45, 2.75) is 59.9 Å². The Balaban J connectivity index is 1.52. The number of carbonyl (C=O) groups excluding carboxylic acids is 2. The van der Waals surface area contributed by atoms with Crippen molar-refractivity contribution in [3.05, 3.63) is 102 Å². The van der Waals surface area contributed by atoms with Gasteiger partial charge in [0, 0.05) is 17.1 Å². The zero-order valence-electron chi connectivity index (χ0n) is 23.9. The minimum Gasteiger partial charge on any atom is -0.488 e. The van der Waals surface area contributed by atoms with Gasteiger partial charge in [-0.2, -0.15) is 0 Å². The number of hydrogen-bond donors (Lipinski definition) is 0. The van der Waals surface area contributed by atoms with Gasteiger partial charge in [-0.25, -0.2) is 4.79 Å². The van der Waals surface area contributed by atoms with E-state index in [0.29, 0.717) is 17.9 Å². The van der Waals surface area contributed by atoms with Gasteiger partial charge >= 0.3 is 12.1 Å². The lowest BCUT2D eigenvalue weighted by Crippen LogP contribution is -2.26. The molecule has 0 amide bonds. The molecule has 0 aliphatic rings. The van der Waals surface area contributed by atoms with Crippen LogP contribution >= 0.6 is 0 Å². The van der Waals surface area contributed by atoms with Gasteiger partial charge in [0.05, 0.1) is 16.5 Å². The molecule has 1 aromatic heterocycles. The third-order valence-corrected chi connectivity index (χ3v) is 5.90. The first-order valence-corrected chi connectivity index (χ1v) is 13.2. The molecule has 1 heterocycles. The van der Waals surface area contributed by atoms with Gasteiger partial charge in [0.15, 0.2) is 6.10 Å². The molecule has 0 N–H and O–H groups in total. The lowest BCUT2D eigenvalue weighted by molar-refractivity contribution is -0.156. The number of esters is 1. The summed E-state index contributed by atoms with van der Waals surface area (Å²) in [5, 5.41) is 0.909. The summed E-state index contributed by atoms with van der Waals surface area (Å²) in [6.07, 6.45) is 0.586. The highest BCUT2D eigenvalue weighted by atomic mass is 16.6. The van der Waals surface area contributed by atoms with Crippen molar-refractivity contribution in [2.24, 2.45) is 5.41 Å². The number of carbonyl (C=O) groups is 2. The van der Waals surface area contributed by atoms with Crippen LogP contribution in [0.1, 0.15) is 64.3 Å². The fourth-order valence-electron chi connectivity index (χ4n) is 3.84. The lowest BCUT2D eigenvalue weighted by Gasteiger charge is -2.20. The van der Waals surface area contributed by atoms with Gasteiger partial charge in [-0.05, 0) is 83.4 Å². The number of benzene rings is 3. The molecule has 206 valence electrons. The van der Waals surface area contributed by atoms with E-state index < -0.39 is 23.2 Å². The second-order valence-corrected chi connectivity index (χ2v) is 11.6. The fourth-order valence-corrected chi connectivity index (χ4v) is 3.84. The van der Waals surface area contributed by atoms with Crippen molar-refractivity contribution in [3.63, 3.8) is 0 Å². The third kappa shape index (κ3) is 7.33. The number of nitrogens with zero attached hydrogens (tertiary/aromatic N) is 1. The van der Waals surface area contributed by atoms with E-state index in [1.807, 2.05) is 120 Å². The minimum atomic E-state index is -0.711. The summed E-state index contributed by atoms with van der Waals surface area (Å²) in [5.41, 5.74) is 1.97. The molecule has 0 aliphatic carbocycles. The Kier molecular flexibility index (Phi) is 8.35. The average molecular weight is 538 g/mol. The second-order valence-electron chi connectivity index (χ2n) is 11.6. The van der Waals surface area contributed by atoms with Crippen LogP contribution in [0.15, 0.2) is 85.1 Å². The van der Waals surface area contributed by atoms with Crippen molar-refractivity contribution in [1.29, 1.82) is 0 Å². The molecular formula is C34H35NO5. The van der Waals surface area contributed by atoms with Crippen LogP contribution in [0.25, 0.3) is 10.9 Å². The molecule has 6 nitrogen and oxygen atoms in total. The van der Waals surface area contributed by atoms with Crippen LogP contribution in [0.2, 0.25) is 0 Å². The van der Waals surface area contributed by atoms with Crippen LogP contribution in [0.5, 0.6) is 5.75 Å². The number of fused-ring (bicyclic) bond motifs is 1. The summed E-state index contributed by atoms with van der Waals surface area (Å²) in [6.45, 7) is 11.3. The van der Waals surface area contributed by atoms with Gasteiger partial charge in [-0.1, -0.05) is 54.5 Å². The Morgan fingerprint density at radius 2 is 1.57 bits per heavy atom. The Hall–Kier alpha value is -4.50. The predicted molar refractivity (Wildman–Crippen MR) is 156 cm³/mol. The molecule has 3 aromatic carbocycles. The quantitative estimate of drug-likeness (QED) is 0.193. The summed E-state index contributed by atoms with van der Waals surface area (Å²) < 4.78 is 19.0. The van der Waals surface area contributed by atoms with Crippen molar-refractivity contribution >= 4 is 23.0 Å². The SMILES string of the molecule is CC(C)(C)OC(=O)n1ccc2cc(COc3ccccc3C#CC(OC(=O)C(C)(C)C)c3ccccc3)ccc21. The van der Waals surface area contributed by atoms with E-state index in [1.165, 1.54) is 4.57 Å². The molecule has 0 bridgehead atoms. The second kappa shape index (κ2) is 11.7. The average Bonchev–Trinajstić information content (AvgIpc) is 3.33. The van der Waals surface area contributed by atoms with Gasteiger partial charge < -0.3 is 14.2 Å². The molecule has 0 saturated carbocycles. The maximum Gasteiger partial charge on any atom is 0.418 e. The molecule has 0 spiro atoms. The summed E-state index contributed by atoms with van der Waals surface area (Å²) >= 11 is 0. The molecule has 0 saturated heterocycles. The van der Waals surface area contributed by atoms with E-state index in [9.17, 15) is 9.59 Å². The number of rotatable bonds is 5. The first-order valence-electron chi connectivity index (χ1n) is 13.2. The molecule has 0 radical (unpaired) electrons. The van der Waals surface area contributed by atoms with Crippen LogP contribution in [-0.2, 0) is 20.9 Å². The van der Waals surface area contributed by atoms with Crippen LogP contribution in [0.4, 0.5) is 4.79 Å². The first kappa shape index (κ1) is 28.5. The molecule has 1 unspecified atom stereocenters. The van der Waals surface area contributed by atoms with Gasteiger partial charge in [0.1, 0.15) is 18.0 Å². The zero-order valence-corrected chi connectivity index (χ0v) is 23.9. The molecular weight excluding hydrogens is 502 g/mol. The molecule has 4 aromatic rings. The number of ether oxygens (including phenoxy) is 3. The van der Waals surface area contributed by atoms with E-state index in [1.54, 1.807) is 6.20 Å². The number of hydrogen-bond acceptors (Lipinski definition) is 5. The molecule has 0 aliphatic heterocycles. The minimum absolute atomic E-state index is 0.313. The number of para-hydroxylation sites is 1. The van der Waals surface area contributed by atoms with Crippen LogP contribution in [0, 0.1) is 17.3 Å². The van der Waals surface area contributed by atoms with E-state index in [2.05, 4.69) is 11.8 Å². The molecule has 4 rings (SSSR count). The Labute approximate surface area is 235 Å². The van der Waals surface area contributed by atoms with Gasteiger partial charge in [0.2, 0.25) is 0 Å². The Morgan fingerprint density at radius 3 is 2.27 bits per heavy atom. The van der Waals surface area contributed by atoms with Gasteiger partial charge in [-0.15, -0.1) is 0 Å². The highest BCUT2D eigenvalue weighted by Gasteiger charge is 2.26. The molecule has 6 heteroatoms. The summed E-state index contributed by atoms with van der Waals surface area (Å²) in [7, 11) is 0. The van der Waals surface area contributed by atoms with E-state index in [-0.39, 0.29) is 5.97 Å². The molecule has 1 atom stereocenters. The highest BCUT2D eigenvalue weighted by molar-refractivity contribution is 5.90. The van der Waals surface area contributed by atoms with Crippen LogP contribution < -0.4 is 4.74 Å². The lowest BCUT2D eigenvalue weighted by atomic mass is 9.97. The van der Waals surface area contributed by atoms with Crippen molar-refractivity contribution < 1.29 is 23.8 Å². The topological polar surface area (TPSA) is 66.8 Å². The highest BCUT2D eigenvalue weighted by Crippen LogP contribution is 2.25. The smallest absolute Gasteiger partial charge is 0.418 e. The Bertz CT molecular complexity index is 1560. The normalized spacial score (nSPS) is 12.2. The zero-order chi connectivity index (χ0) is 28.9. The largest absolute Gasteiger partial charge is 0.488 e. The van der Waals surface area contributed by atoms with Gasteiger partial charge in [0.25, 0.3) is 0 Å². The monoisotopic (exact) mass is 537 g/mol. The van der Waals surface area contributed by atoms with Crippen molar-refractivity contribution in [3.8, 4) is 17.6 Å². The third-order valence-electron chi connectivity index (χ3n) is 5.90. The summed E-state index contributed by atoms with van der Waals surface area (Å²) in [5.74, 6) is 6.59. The Morgan fingerprint density at radius 1 is 0.875 bits per heavy atom. The van der Waals surface area contributed by atoms with Crippen LogP contribution in [0.3, 0.4) is 0 Å². The van der Waals surface area contributed by atoms with E-state index >= 15 is 0 Å². The van der Waals surface area contributed by atoms with Crippen molar-refractivity contribution in [1.82, 2.24) is 4.57 Å². The number of aromatic nitrogens is 1. The van der Waals surface area contributed by atoms with Crippen LogP contribution in [-0.4, -0.2) is 22.2 Å². The molecule has 0 fully saturated rings. The summed E-state index contributed by atoms with van der Waals surface area (Å²) in [6, 6.07) is 24.7. The predicted octanol–water partition coefficient (Wildman–Crippen LogP) is 7.69. The maximum atomic E-state index is 12.6. The standard InChI is InChI=1S/C34H35NO5/c1-33(2,3)31(36)39-30(25-12-8-7-9-13-25)19-17-26-14-10-11-15-29(26)38-23-24-16-18-28-27(22-24)20-21-35(28)32(37)40-34(4,5)6/h7-16,18,20-22,30H,23H2,1-6H3. The van der Waals surface area contributed by atoms with Gasteiger partial charge in [-0.3, -0.25) is 9.36 Å². The van der Waals surface area contributed by atoms with E-state index in [4.69, 9.17) is 14.2 Å².